The molecule has 3 aliphatic heterocycles. The van der Waals surface area contributed by atoms with Crippen molar-refractivity contribution >= 4 is 34.7 Å². The Bertz CT molecular complexity index is 1140. The van der Waals surface area contributed by atoms with Crippen molar-refractivity contribution in [2.45, 2.75) is 32.0 Å². The van der Waals surface area contributed by atoms with E-state index in [0.29, 0.717) is 17.1 Å². The van der Waals surface area contributed by atoms with E-state index in [9.17, 15) is 4.79 Å². The molecule has 2 saturated heterocycles. The Morgan fingerprint density at radius 2 is 2.00 bits per heavy atom. The van der Waals surface area contributed by atoms with Crippen molar-refractivity contribution in [2.24, 2.45) is 4.99 Å². The van der Waals surface area contributed by atoms with Crippen LogP contribution in [0.5, 0.6) is 0 Å². The maximum absolute atomic E-state index is 12.7. The largest absolute Gasteiger partial charge is 0.397 e. The van der Waals surface area contributed by atoms with Gasteiger partial charge < -0.3 is 26.0 Å². The van der Waals surface area contributed by atoms with Gasteiger partial charge in [0.2, 0.25) is 0 Å². The number of ether oxygens (including phenoxy) is 1. The second-order valence-electron chi connectivity index (χ2n) is 8.58. The molecule has 4 N–H and O–H groups in total. The van der Waals surface area contributed by atoms with Crippen LogP contribution in [0.2, 0.25) is 0 Å². The average molecular weight is 452 g/mol. The molecule has 32 heavy (non-hydrogen) atoms. The highest BCUT2D eigenvalue weighted by Gasteiger charge is 2.31. The fraction of sp³-hybridized carbons (Fsp3) is 0.417. The number of benzene rings is 1. The number of nitrogens with one attached hydrogen (secondary N) is 2. The lowest BCUT2D eigenvalue weighted by Crippen LogP contribution is -2.58. The van der Waals surface area contributed by atoms with E-state index in [1.54, 1.807) is 0 Å². The number of morpholine rings is 2. The topological polar surface area (TPSA) is 92.0 Å². The minimum Gasteiger partial charge on any atom is -0.397 e. The van der Waals surface area contributed by atoms with E-state index < -0.39 is 0 Å². The molecule has 4 heterocycles. The number of carbonyl (C=O) groups excluding carboxylic acids is 1. The summed E-state index contributed by atoms with van der Waals surface area (Å²) in [7, 11) is 0. The lowest BCUT2D eigenvalue weighted by atomic mass is 10.1. The first-order valence-electron chi connectivity index (χ1n) is 11.2. The van der Waals surface area contributed by atoms with Gasteiger partial charge in [-0.1, -0.05) is 24.3 Å². The molecule has 2 fully saturated rings. The second kappa shape index (κ2) is 9.05. The molecule has 0 radical (unpaired) electrons. The van der Waals surface area contributed by atoms with Crippen LogP contribution in [0, 0.1) is 0 Å². The number of allylic oxidation sites excluding steroid dienone is 2. The predicted octanol–water partition coefficient (Wildman–Crippen LogP) is 1.19. The van der Waals surface area contributed by atoms with Gasteiger partial charge >= 0.3 is 0 Å². The van der Waals surface area contributed by atoms with Gasteiger partial charge in [0.15, 0.2) is 0 Å². The molecule has 5 rings (SSSR count). The Morgan fingerprint density at radius 3 is 2.75 bits per heavy atom. The van der Waals surface area contributed by atoms with Crippen LogP contribution in [0.25, 0.3) is 6.08 Å². The van der Waals surface area contributed by atoms with Crippen molar-refractivity contribution in [3.05, 3.63) is 56.4 Å². The first-order chi connectivity index (χ1) is 15.6. The predicted molar refractivity (Wildman–Crippen MR) is 129 cm³/mol. The SMILES string of the molecule is CC1=CCC=c2c(N)c(C(=O)NCCc3ccc(N4CC5CNCC(C4)O5)cc3)sc2=N1. The van der Waals surface area contributed by atoms with E-state index in [0.717, 1.165) is 54.6 Å². The number of nitrogen functional groups attached to an aromatic ring is 1. The molecule has 1 aromatic carbocycles. The van der Waals surface area contributed by atoms with Crippen LogP contribution in [-0.2, 0) is 11.2 Å². The summed E-state index contributed by atoms with van der Waals surface area (Å²) in [6, 6.07) is 8.64. The summed E-state index contributed by atoms with van der Waals surface area (Å²) in [5, 5.41) is 7.33. The molecule has 2 unspecified atom stereocenters. The zero-order valence-electron chi connectivity index (χ0n) is 18.3. The van der Waals surface area contributed by atoms with Crippen LogP contribution in [0.1, 0.15) is 28.6 Å². The van der Waals surface area contributed by atoms with Gasteiger partial charge in [-0.25, -0.2) is 4.99 Å². The van der Waals surface area contributed by atoms with Gasteiger partial charge in [0, 0.05) is 49.3 Å². The number of fused-ring (bicyclic) bond motifs is 3. The molecule has 2 atom stereocenters. The van der Waals surface area contributed by atoms with Gasteiger partial charge in [0.05, 0.1) is 17.9 Å². The van der Waals surface area contributed by atoms with Gasteiger partial charge in [0.25, 0.3) is 5.91 Å². The molecule has 7 nitrogen and oxygen atoms in total. The number of nitrogens with zero attached hydrogens (tertiary/aromatic N) is 2. The van der Waals surface area contributed by atoms with Crippen LogP contribution >= 0.6 is 11.3 Å². The van der Waals surface area contributed by atoms with E-state index >= 15 is 0 Å². The first-order valence-corrected chi connectivity index (χ1v) is 12.0. The monoisotopic (exact) mass is 451 g/mol. The molecule has 3 aliphatic rings. The third-order valence-corrected chi connectivity index (χ3v) is 7.27. The number of hydrogen-bond donors (Lipinski definition) is 3. The Hall–Kier alpha value is -2.68. The van der Waals surface area contributed by atoms with Crippen LogP contribution in [0.15, 0.2) is 41.0 Å². The minimum absolute atomic E-state index is 0.129. The number of nitrogens with two attached hydrogens (primary N) is 1. The molecular weight excluding hydrogens is 422 g/mol. The van der Waals surface area contributed by atoms with E-state index in [4.69, 9.17) is 10.5 Å². The van der Waals surface area contributed by atoms with Crippen molar-refractivity contribution in [1.82, 2.24) is 10.6 Å². The number of thiophene rings is 1. The van der Waals surface area contributed by atoms with Crippen molar-refractivity contribution in [1.29, 1.82) is 0 Å². The van der Waals surface area contributed by atoms with Crippen molar-refractivity contribution in [3.8, 4) is 0 Å². The Labute approximate surface area is 191 Å². The van der Waals surface area contributed by atoms with Gasteiger partial charge in [-0.2, -0.15) is 0 Å². The minimum atomic E-state index is -0.129. The smallest absolute Gasteiger partial charge is 0.263 e. The Balaban J connectivity index is 1.18. The number of amides is 1. The summed E-state index contributed by atoms with van der Waals surface area (Å²) in [5.41, 5.74) is 10.2. The van der Waals surface area contributed by atoms with E-state index in [2.05, 4.69) is 50.9 Å². The Kier molecular flexibility index (Phi) is 5.99. The number of carbonyl (C=O) groups is 1. The fourth-order valence-corrected chi connectivity index (χ4v) is 5.56. The summed E-state index contributed by atoms with van der Waals surface area (Å²) in [6.07, 6.45) is 6.18. The van der Waals surface area contributed by atoms with E-state index in [1.165, 1.54) is 22.6 Å². The quantitative estimate of drug-likeness (QED) is 0.635. The number of hydrogen-bond acceptors (Lipinski definition) is 7. The third kappa shape index (κ3) is 4.44. The van der Waals surface area contributed by atoms with Crippen LogP contribution in [-0.4, -0.2) is 50.8 Å². The molecule has 8 heteroatoms. The lowest BCUT2D eigenvalue weighted by molar-refractivity contribution is -0.0483. The van der Waals surface area contributed by atoms with Gasteiger partial charge in [-0.05, 0) is 37.5 Å². The summed E-state index contributed by atoms with van der Waals surface area (Å²) < 4.78 is 6.81. The zero-order chi connectivity index (χ0) is 22.1. The zero-order valence-corrected chi connectivity index (χ0v) is 19.1. The van der Waals surface area contributed by atoms with Gasteiger partial charge in [0.1, 0.15) is 9.55 Å². The summed E-state index contributed by atoms with van der Waals surface area (Å²) in [4.78, 5) is 20.3. The average Bonchev–Trinajstić information content (AvgIpc) is 2.97. The molecule has 168 valence electrons. The number of anilines is 2. The molecular formula is C24H29N5O2S. The Morgan fingerprint density at radius 1 is 1.25 bits per heavy atom. The van der Waals surface area contributed by atoms with Gasteiger partial charge in [-0.15, -0.1) is 11.3 Å². The highest BCUT2D eigenvalue weighted by molar-refractivity contribution is 7.12. The normalized spacial score (nSPS) is 22.2. The van der Waals surface area contributed by atoms with Crippen molar-refractivity contribution < 1.29 is 9.53 Å². The molecule has 0 spiro atoms. The lowest BCUT2D eigenvalue weighted by Gasteiger charge is -2.42. The van der Waals surface area contributed by atoms with Crippen molar-refractivity contribution in [3.63, 3.8) is 0 Å². The summed E-state index contributed by atoms with van der Waals surface area (Å²) in [5.74, 6) is -0.129. The van der Waals surface area contributed by atoms with E-state index in [1.807, 2.05) is 13.0 Å². The molecule has 1 aromatic heterocycles. The van der Waals surface area contributed by atoms with Crippen LogP contribution in [0.4, 0.5) is 11.4 Å². The second-order valence-corrected chi connectivity index (χ2v) is 9.58. The molecule has 0 saturated carbocycles. The highest BCUT2D eigenvalue weighted by Crippen LogP contribution is 2.22. The molecule has 0 aliphatic carbocycles. The number of rotatable bonds is 5. The summed E-state index contributed by atoms with van der Waals surface area (Å²) >= 11 is 1.36. The molecule has 1 amide bonds. The van der Waals surface area contributed by atoms with Crippen LogP contribution in [0.3, 0.4) is 0 Å². The highest BCUT2D eigenvalue weighted by atomic mass is 32.1. The molecule has 2 aromatic rings. The van der Waals surface area contributed by atoms with Gasteiger partial charge in [-0.3, -0.25) is 4.79 Å². The first kappa shape index (κ1) is 21.2. The van der Waals surface area contributed by atoms with E-state index in [-0.39, 0.29) is 18.1 Å². The third-order valence-electron chi connectivity index (χ3n) is 6.16. The molecule has 2 bridgehead atoms. The fourth-order valence-electron chi connectivity index (χ4n) is 4.49. The summed E-state index contributed by atoms with van der Waals surface area (Å²) in [6.45, 7) is 6.21. The standard InChI is InChI=1S/C24H29N5O2S/c1-15-3-2-4-20-21(25)22(32-24(20)28-15)23(30)27-10-9-16-5-7-17(8-6-16)29-13-18-11-26-12-19(14-29)31-18/h3-8,18-19,26H,2,9-14,25H2,1H3,(H,27,30). The van der Waals surface area contributed by atoms with Crippen LogP contribution < -0.4 is 31.2 Å². The maximum atomic E-state index is 12.7. The van der Waals surface area contributed by atoms with Crippen molar-refractivity contribution in [2.75, 3.05) is 43.4 Å². The maximum Gasteiger partial charge on any atom is 0.263 e.